The smallest absolute Gasteiger partial charge is 0.251 e. The maximum absolute atomic E-state index is 11.5. The number of hydrogen-bond donors (Lipinski definition) is 2. The Bertz CT molecular complexity index is 627. The lowest BCUT2D eigenvalue weighted by molar-refractivity contribution is 0.0963. The Morgan fingerprint density at radius 2 is 1.67 bits per heavy atom. The van der Waals surface area contributed by atoms with E-state index in [1.54, 1.807) is 7.05 Å². The zero-order chi connectivity index (χ0) is 15.4. The first-order valence-electron chi connectivity index (χ1n) is 6.83. The number of rotatable bonds is 4. The van der Waals surface area contributed by atoms with Crippen molar-refractivity contribution in [2.75, 3.05) is 12.4 Å². The average Bonchev–Trinajstić information content (AvgIpc) is 2.46. The number of aryl methyl sites for hydroxylation is 2. The highest BCUT2D eigenvalue weighted by atomic mass is 79.9. The van der Waals surface area contributed by atoms with Gasteiger partial charge in [0.1, 0.15) is 0 Å². The van der Waals surface area contributed by atoms with E-state index in [1.165, 1.54) is 11.1 Å². The summed E-state index contributed by atoms with van der Waals surface area (Å²) in [5, 5.41) is 6.09. The molecule has 110 valence electrons. The van der Waals surface area contributed by atoms with Crippen LogP contribution < -0.4 is 10.6 Å². The van der Waals surface area contributed by atoms with Crippen LogP contribution in [0, 0.1) is 13.8 Å². The van der Waals surface area contributed by atoms with Gasteiger partial charge in [-0.2, -0.15) is 0 Å². The van der Waals surface area contributed by atoms with Gasteiger partial charge in [-0.3, -0.25) is 4.79 Å². The first kappa shape index (κ1) is 15.6. The second-order valence-corrected chi connectivity index (χ2v) is 5.96. The van der Waals surface area contributed by atoms with Crippen LogP contribution in [0.3, 0.4) is 0 Å². The van der Waals surface area contributed by atoms with Crippen LogP contribution in [0.25, 0.3) is 0 Å². The molecular formula is C17H19BrN2O. The number of anilines is 1. The molecule has 0 unspecified atom stereocenters. The van der Waals surface area contributed by atoms with Gasteiger partial charge >= 0.3 is 0 Å². The van der Waals surface area contributed by atoms with Crippen molar-refractivity contribution < 1.29 is 4.79 Å². The largest absolute Gasteiger partial charge is 0.381 e. The van der Waals surface area contributed by atoms with E-state index in [-0.39, 0.29) is 5.91 Å². The maximum atomic E-state index is 11.5. The first-order chi connectivity index (χ1) is 10.0. The monoisotopic (exact) mass is 346 g/mol. The lowest BCUT2D eigenvalue weighted by atomic mass is 10.1. The SMILES string of the molecule is CNC(=O)c1ccc(CNc2c(C)cc(Br)cc2C)cc1. The van der Waals surface area contributed by atoms with Crippen LogP contribution in [-0.4, -0.2) is 13.0 Å². The van der Waals surface area contributed by atoms with Gasteiger partial charge in [-0.05, 0) is 54.8 Å². The predicted molar refractivity (Wildman–Crippen MR) is 90.8 cm³/mol. The van der Waals surface area contributed by atoms with E-state index in [0.717, 1.165) is 22.3 Å². The van der Waals surface area contributed by atoms with Crippen LogP contribution >= 0.6 is 15.9 Å². The van der Waals surface area contributed by atoms with Gasteiger partial charge in [0.15, 0.2) is 0 Å². The Hall–Kier alpha value is -1.81. The summed E-state index contributed by atoms with van der Waals surface area (Å²) in [7, 11) is 1.64. The molecule has 3 nitrogen and oxygen atoms in total. The molecule has 1 amide bonds. The first-order valence-corrected chi connectivity index (χ1v) is 7.62. The number of halogens is 1. The molecule has 0 heterocycles. The van der Waals surface area contributed by atoms with Crippen molar-refractivity contribution in [1.82, 2.24) is 5.32 Å². The van der Waals surface area contributed by atoms with Crippen molar-refractivity contribution in [2.24, 2.45) is 0 Å². The van der Waals surface area contributed by atoms with E-state index in [4.69, 9.17) is 0 Å². The van der Waals surface area contributed by atoms with Crippen molar-refractivity contribution >= 4 is 27.5 Å². The summed E-state index contributed by atoms with van der Waals surface area (Å²) < 4.78 is 1.10. The molecule has 0 saturated carbocycles. The molecule has 0 atom stereocenters. The molecule has 2 aromatic carbocycles. The van der Waals surface area contributed by atoms with Crippen LogP contribution in [0.5, 0.6) is 0 Å². The highest BCUT2D eigenvalue weighted by molar-refractivity contribution is 9.10. The summed E-state index contributed by atoms with van der Waals surface area (Å²) >= 11 is 3.51. The van der Waals surface area contributed by atoms with Crippen molar-refractivity contribution in [3.8, 4) is 0 Å². The van der Waals surface area contributed by atoms with Crippen molar-refractivity contribution in [1.29, 1.82) is 0 Å². The quantitative estimate of drug-likeness (QED) is 0.877. The number of hydrogen-bond acceptors (Lipinski definition) is 2. The van der Waals surface area contributed by atoms with E-state index in [9.17, 15) is 4.79 Å². The number of carbonyl (C=O) groups excluding carboxylic acids is 1. The number of carbonyl (C=O) groups is 1. The van der Waals surface area contributed by atoms with Gasteiger partial charge in [-0.25, -0.2) is 0 Å². The van der Waals surface area contributed by atoms with Crippen molar-refractivity contribution in [3.05, 3.63) is 63.1 Å². The molecule has 0 aliphatic carbocycles. The van der Waals surface area contributed by atoms with Crippen LogP contribution in [0.15, 0.2) is 40.9 Å². The Morgan fingerprint density at radius 1 is 1.10 bits per heavy atom. The van der Waals surface area contributed by atoms with Crippen molar-refractivity contribution in [2.45, 2.75) is 20.4 Å². The van der Waals surface area contributed by atoms with E-state index in [0.29, 0.717) is 5.56 Å². The molecule has 0 fully saturated rings. The molecule has 0 aliphatic rings. The van der Waals surface area contributed by atoms with Gasteiger partial charge in [0.2, 0.25) is 0 Å². The maximum Gasteiger partial charge on any atom is 0.251 e. The molecule has 0 aliphatic heterocycles. The molecule has 0 bridgehead atoms. The number of amides is 1. The molecule has 2 aromatic rings. The fourth-order valence-corrected chi connectivity index (χ4v) is 2.99. The van der Waals surface area contributed by atoms with E-state index in [2.05, 4.69) is 52.5 Å². The second kappa shape index (κ2) is 6.76. The van der Waals surface area contributed by atoms with Gasteiger partial charge in [-0.1, -0.05) is 28.1 Å². The van der Waals surface area contributed by atoms with Gasteiger partial charge < -0.3 is 10.6 Å². The molecule has 2 rings (SSSR count). The van der Waals surface area contributed by atoms with E-state index in [1.807, 2.05) is 24.3 Å². The summed E-state index contributed by atoms with van der Waals surface area (Å²) in [4.78, 5) is 11.5. The summed E-state index contributed by atoms with van der Waals surface area (Å²) in [6.07, 6.45) is 0. The highest BCUT2D eigenvalue weighted by Gasteiger charge is 2.05. The standard InChI is InChI=1S/C17H19BrN2O/c1-11-8-15(18)9-12(2)16(11)20-10-13-4-6-14(7-5-13)17(21)19-3/h4-9,20H,10H2,1-3H3,(H,19,21). The molecule has 4 heteroatoms. The van der Waals surface area contributed by atoms with Crippen LogP contribution in [0.4, 0.5) is 5.69 Å². The van der Waals surface area contributed by atoms with Gasteiger partial charge in [-0.15, -0.1) is 0 Å². The minimum atomic E-state index is -0.0610. The molecule has 0 radical (unpaired) electrons. The fraction of sp³-hybridized carbons (Fsp3) is 0.235. The molecule has 0 spiro atoms. The zero-order valence-electron chi connectivity index (χ0n) is 12.5. The summed E-state index contributed by atoms with van der Waals surface area (Å²) in [5.74, 6) is -0.0610. The average molecular weight is 347 g/mol. The summed E-state index contributed by atoms with van der Waals surface area (Å²) in [5.41, 5.74) is 5.41. The minimum Gasteiger partial charge on any atom is -0.381 e. The molecule has 21 heavy (non-hydrogen) atoms. The molecule has 0 aromatic heterocycles. The Labute approximate surface area is 133 Å². The van der Waals surface area contributed by atoms with E-state index >= 15 is 0 Å². The lowest BCUT2D eigenvalue weighted by Crippen LogP contribution is -2.17. The predicted octanol–water partition coefficient (Wildman–Crippen LogP) is 4.04. The third-order valence-corrected chi connectivity index (χ3v) is 3.87. The fourth-order valence-electron chi connectivity index (χ4n) is 2.30. The Kier molecular flexibility index (Phi) is 5.02. The second-order valence-electron chi connectivity index (χ2n) is 5.04. The molecule has 2 N–H and O–H groups in total. The van der Waals surface area contributed by atoms with Gasteiger partial charge in [0.25, 0.3) is 5.91 Å². The number of nitrogens with one attached hydrogen (secondary N) is 2. The van der Waals surface area contributed by atoms with Gasteiger partial charge in [0.05, 0.1) is 0 Å². The topological polar surface area (TPSA) is 41.1 Å². The van der Waals surface area contributed by atoms with Crippen LogP contribution in [0.1, 0.15) is 27.0 Å². The molecule has 0 saturated heterocycles. The summed E-state index contributed by atoms with van der Waals surface area (Å²) in [6.45, 7) is 4.92. The highest BCUT2D eigenvalue weighted by Crippen LogP contribution is 2.25. The normalized spacial score (nSPS) is 10.3. The number of benzene rings is 2. The van der Waals surface area contributed by atoms with Gasteiger partial charge in [0, 0.05) is 29.3 Å². The third-order valence-electron chi connectivity index (χ3n) is 3.41. The molecular weight excluding hydrogens is 328 g/mol. The zero-order valence-corrected chi connectivity index (χ0v) is 14.0. The van der Waals surface area contributed by atoms with E-state index < -0.39 is 0 Å². The minimum absolute atomic E-state index is 0.0610. The van der Waals surface area contributed by atoms with Crippen LogP contribution in [-0.2, 0) is 6.54 Å². The van der Waals surface area contributed by atoms with Crippen molar-refractivity contribution in [3.63, 3.8) is 0 Å². The summed E-state index contributed by atoms with van der Waals surface area (Å²) in [6, 6.07) is 11.8. The van der Waals surface area contributed by atoms with Crippen LogP contribution in [0.2, 0.25) is 0 Å². The lowest BCUT2D eigenvalue weighted by Gasteiger charge is -2.13. The third kappa shape index (κ3) is 3.85. The Balaban J connectivity index is 2.08. The Morgan fingerprint density at radius 3 is 2.19 bits per heavy atom.